The molecule has 4 rings (SSSR count). The Morgan fingerprint density at radius 2 is 1.51 bits per heavy atom. The fourth-order valence-electron chi connectivity index (χ4n) is 5.42. The first-order valence-corrected chi connectivity index (χ1v) is 12.9. The zero-order chi connectivity index (χ0) is 24.8. The van der Waals surface area contributed by atoms with E-state index in [2.05, 4.69) is 17.7 Å². The first-order valence-electron chi connectivity index (χ1n) is 12.9. The van der Waals surface area contributed by atoms with Gasteiger partial charge in [0.25, 0.3) is 0 Å². The smallest absolute Gasteiger partial charge is 0.406 e. The van der Waals surface area contributed by atoms with Crippen molar-refractivity contribution in [3.05, 3.63) is 66.0 Å². The summed E-state index contributed by atoms with van der Waals surface area (Å²) in [5.74, 6) is 1.03. The van der Waals surface area contributed by atoms with Crippen molar-refractivity contribution in [2.24, 2.45) is 11.8 Å². The van der Waals surface area contributed by atoms with Crippen LogP contribution in [0.2, 0.25) is 0 Å². The Kier molecular flexibility index (Phi) is 8.35. The Hall–Kier alpha value is -2.56. The Morgan fingerprint density at radius 1 is 0.829 bits per heavy atom. The minimum atomic E-state index is -4.75. The summed E-state index contributed by atoms with van der Waals surface area (Å²) in [6, 6.07) is 14.8. The molecule has 1 fully saturated rings. The molecular weight excluding hydrogens is 452 g/mol. The average molecular weight is 487 g/mol. The highest BCUT2D eigenvalue weighted by atomic mass is 19.4. The molecule has 0 N–H and O–H groups in total. The summed E-state index contributed by atoms with van der Waals surface area (Å²) in [5.41, 5.74) is 2.09. The molecule has 0 heterocycles. The number of halogens is 4. The minimum Gasteiger partial charge on any atom is -0.406 e. The predicted octanol–water partition coefficient (Wildman–Crippen LogP) is 9.86. The number of unbranched alkanes of at least 4 members (excludes halogenated alkanes) is 2. The maximum Gasteiger partial charge on any atom is 0.573 e. The lowest BCUT2D eigenvalue weighted by Gasteiger charge is -2.28. The topological polar surface area (TPSA) is 9.23 Å². The molecule has 3 aromatic rings. The molecule has 0 unspecified atom stereocenters. The zero-order valence-electron chi connectivity index (χ0n) is 20.3. The molecule has 1 nitrogen and oxygen atoms in total. The lowest BCUT2D eigenvalue weighted by Crippen LogP contribution is -2.16. The van der Waals surface area contributed by atoms with Crippen molar-refractivity contribution in [2.45, 2.75) is 77.5 Å². The third-order valence-corrected chi connectivity index (χ3v) is 7.44. The molecule has 5 heteroatoms. The molecule has 0 aliphatic heterocycles. The molecule has 1 aliphatic carbocycles. The van der Waals surface area contributed by atoms with Gasteiger partial charge in [0.1, 0.15) is 11.6 Å². The molecule has 0 atom stereocenters. The van der Waals surface area contributed by atoms with Gasteiger partial charge in [0.15, 0.2) is 0 Å². The van der Waals surface area contributed by atoms with Crippen LogP contribution in [-0.2, 0) is 6.42 Å². The van der Waals surface area contributed by atoms with E-state index in [1.807, 2.05) is 18.2 Å². The molecule has 0 spiro atoms. The highest BCUT2D eigenvalue weighted by molar-refractivity contribution is 5.88. The van der Waals surface area contributed by atoms with Crippen molar-refractivity contribution < 1.29 is 22.3 Å². The molecule has 0 radical (unpaired) electrons. The van der Waals surface area contributed by atoms with E-state index < -0.39 is 6.36 Å². The lowest BCUT2D eigenvalue weighted by atomic mass is 9.77. The molecule has 3 aromatic carbocycles. The van der Waals surface area contributed by atoms with Gasteiger partial charge in [-0.25, -0.2) is 4.39 Å². The van der Waals surface area contributed by atoms with Gasteiger partial charge < -0.3 is 4.74 Å². The fourth-order valence-corrected chi connectivity index (χ4v) is 5.42. The van der Waals surface area contributed by atoms with Crippen molar-refractivity contribution in [3.63, 3.8) is 0 Å². The van der Waals surface area contributed by atoms with Gasteiger partial charge in [-0.3, -0.25) is 0 Å². The second-order valence-corrected chi connectivity index (χ2v) is 9.98. The number of ether oxygens (including phenoxy) is 1. The van der Waals surface area contributed by atoms with E-state index in [0.29, 0.717) is 16.5 Å². The Bertz CT molecular complexity index is 1100. The normalized spacial score (nSPS) is 18.7. The van der Waals surface area contributed by atoms with E-state index in [1.54, 1.807) is 6.07 Å². The highest BCUT2D eigenvalue weighted by Gasteiger charge is 2.31. The van der Waals surface area contributed by atoms with Gasteiger partial charge in [-0.05, 0) is 53.3 Å². The minimum absolute atomic E-state index is 0.322. The largest absolute Gasteiger partial charge is 0.573 e. The molecule has 0 aromatic heterocycles. The number of fused-ring (bicyclic) bond motifs is 1. The third-order valence-electron chi connectivity index (χ3n) is 7.44. The summed E-state index contributed by atoms with van der Waals surface area (Å²) in [4.78, 5) is 0. The number of benzene rings is 3. The van der Waals surface area contributed by atoms with Gasteiger partial charge >= 0.3 is 6.36 Å². The molecule has 0 saturated heterocycles. The van der Waals surface area contributed by atoms with Crippen molar-refractivity contribution in [1.29, 1.82) is 0 Å². The van der Waals surface area contributed by atoms with E-state index in [-0.39, 0.29) is 11.6 Å². The summed E-state index contributed by atoms with van der Waals surface area (Å²) >= 11 is 0. The number of alkyl halides is 3. The first-order chi connectivity index (χ1) is 16.8. The van der Waals surface area contributed by atoms with Crippen LogP contribution in [0.15, 0.2) is 54.6 Å². The Labute approximate surface area is 205 Å². The number of hydrogen-bond donors (Lipinski definition) is 0. The van der Waals surface area contributed by atoms with Crippen molar-refractivity contribution in [2.75, 3.05) is 0 Å². The summed E-state index contributed by atoms with van der Waals surface area (Å²) < 4.78 is 56.3. The number of hydrogen-bond acceptors (Lipinski definition) is 1. The zero-order valence-corrected chi connectivity index (χ0v) is 20.3. The number of rotatable bonds is 9. The van der Waals surface area contributed by atoms with Gasteiger partial charge in [0.2, 0.25) is 0 Å². The standard InChI is InChI=1S/C30H34F4O/c1-2-3-4-5-21-6-8-22(9-7-21)10-11-23-12-18-28-25(20-23)15-19-27(29(28)31)24-13-16-26(17-14-24)35-30(32,33)34/h12-22H,2-11H2,1H3/t21-,22-. The molecule has 0 amide bonds. The summed E-state index contributed by atoms with van der Waals surface area (Å²) in [5, 5.41) is 1.37. The van der Waals surface area contributed by atoms with Gasteiger partial charge in [0, 0.05) is 10.9 Å². The molecular formula is C30H34F4O. The monoisotopic (exact) mass is 486 g/mol. The quantitative estimate of drug-likeness (QED) is 0.216. The molecule has 0 bridgehead atoms. The van der Waals surface area contributed by atoms with E-state index in [4.69, 9.17) is 0 Å². The molecule has 1 saturated carbocycles. The maximum absolute atomic E-state index is 15.3. The van der Waals surface area contributed by atoms with Crippen molar-refractivity contribution >= 4 is 10.8 Å². The van der Waals surface area contributed by atoms with Crippen LogP contribution in [0, 0.1) is 17.7 Å². The van der Waals surface area contributed by atoms with Gasteiger partial charge in [-0.15, -0.1) is 13.2 Å². The first kappa shape index (κ1) is 25.5. The summed E-state index contributed by atoms with van der Waals surface area (Å²) in [7, 11) is 0. The SMILES string of the molecule is CCCCC[C@H]1CC[C@H](CCc2ccc3c(F)c(-c4ccc(OC(F)(F)F)cc4)ccc3c2)CC1. The second-order valence-electron chi connectivity index (χ2n) is 9.98. The van der Waals surface area contributed by atoms with Crippen LogP contribution in [-0.4, -0.2) is 6.36 Å². The van der Waals surface area contributed by atoms with Gasteiger partial charge in [0.05, 0.1) is 0 Å². The molecule has 1 aliphatic rings. The number of aryl methyl sites for hydroxylation is 1. The van der Waals surface area contributed by atoms with E-state index in [1.165, 1.54) is 87.6 Å². The van der Waals surface area contributed by atoms with Crippen LogP contribution in [0.25, 0.3) is 21.9 Å². The summed E-state index contributed by atoms with van der Waals surface area (Å²) in [6.45, 7) is 2.26. The van der Waals surface area contributed by atoms with Crippen LogP contribution >= 0.6 is 0 Å². The fraction of sp³-hybridized carbons (Fsp3) is 0.467. The Morgan fingerprint density at radius 3 is 2.17 bits per heavy atom. The van der Waals surface area contributed by atoms with E-state index in [0.717, 1.165) is 23.6 Å². The van der Waals surface area contributed by atoms with Gasteiger partial charge in [-0.1, -0.05) is 101 Å². The average Bonchev–Trinajstić information content (AvgIpc) is 2.84. The summed E-state index contributed by atoms with van der Waals surface area (Å²) in [6.07, 6.45) is 8.24. The van der Waals surface area contributed by atoms with Gasteiger partial charge in [-0.2, -0.15) is 0 Å². The Balaban J connectivity index is 1.37. The third kappa shape index (κ3) is 6.99. The van der Waals surface area contributed by atoms with Crippen LogP contribution in [0.3, 0.4) is 0 Å². The highest BCUT2D eigenvalue weighted by Crippen LogP contribution is 2.35. The van der Waals surface area contributed by atoms with Crippen LogP contribution < -0.4 is 4.74 Å². The van der Waals surface area contributed by atoms with E-state index in [9.17, 15) is 13.2 Å². The molecule has 188 valence electrons. The van der Waals surface area contributed by atoms with Crippen LogP contribution in [0.4, 0.5) is 17.6 Å². The predicted molar refractivity (Wildman–Crippen MR) is 134 cm³/mol. The maximum atomic E-state index is 15.3. The van der Waals surface area contributed by atoms with Crippen LogP contribution in [0.1, 0.15) is 70.3 Å². The van der Waals surface area contributed by atoms with E-state index >= 15 is 4.39 Å². The second kappa shape index (κ2) is 11.5. The van der Waals surface area contributed by atoms with Crippen LogP contribution in [0.5, 0.6) is 5.75 Å². The van der Waals surface area contributed by atoms with Crippen molar-refractivity contribution in [1.82, 2.24) is 0 Å². The van der Waals surface area contributed by atoms with Crippen molar-refractivity contribution in [3.8, 4) is 16.9 Å². The lowest BCUT2D eigenvalue weighted by molar-refractivity contribution is -0.274. The molecule has 35 heavy (non-hydrogen) atoms.